The summed E-state index contributed by atoms with van der Waals surface area (Å²) in [4.78, 5) is 0. The van der Waals surface area contributed by atoms with Crippen LogP contribution in [0.3, 0.4) is 0 Å². The number of rotatable bonds is 10. The summed E-state index contributed by atoms with van der Waals surface area (Å²) >= 11 is 0. The SMILES string of the molecule is CCCNC(c1cccc(OC(C)C)c1)C(C)CCOC. The quantitative estimate of drug-likeness (QED) is 0.702. The summed E-state index contributed by atoms with van der Waals surface area (Å²) in [5, 5.41) is 3.66. The number of hydrogen-bond donors (Lipinski definition) is 1. The van der Waals surface area contributed by atoms with Gasteiger partial charge in [-0.25, -0.2) is 0 Å². The molecule has 0 radical (unpaired) electrons. The van der Waals surface area contributed by atoms with Crippen molar-refractivity contribution in [2.45, 2.75) is 52.7 Å². The molecule has 0 aliphatic rings. The Morgan fingerprint density at radius 3 is 2.57 bits per heavy atom. The van der Waals surface area contributed by atoms with Crippen LogP contribution in [0, 0.1) is 5.92 Å². The Morgan fingerprint density at radius 1 is 1.19 bits per heavy atom. The second kappa shape index (κ2) is 9.80. The van der Waals surface area contributed by atoms with Crippen LogP contribution in [0.15, 0.2) is 24.3 Å². The molecule has 1 N–H and O–H groups in total. The van der Waals surface area contributed by atoms with Crippen LogP contribution in [0.2, 0.25) is 0 Å². The Morgan fingerprint density at radius 2 is 1.95 bits per heavy atom. The van der Waals surface area contributed by atoms with Gasteiger partial charge in [0.25, 0.3) is 0 Å². The second-order valence-electron chi connectivity index (χ2n) is 5.93. The van der Waals surface area contributed by atoms with Crippen LogP contribution in [-0.2, 0) is 4.74 Å². The topological polar surface area (TPSA) is 30.5 Å². The van der Waals surface area contributed by atoms with Gasteiger partial charge in [0.1, 0.15) is 5.75 Å². The number of ether oxygens (including phenoxy) is 2. The summed E-state index contributed by atoms with van der Waals surface area (Å²) in [5.74, 6) is 1.47. The van der Waals surface area contributed by atoms with E-state index in [2.05, 4.69) is 51.2 Å². The van der Waals surface area contributed by atoms with Gasteiger partial charge in [-0.15, -0.1) is 0 Å². The average molecular weight is 293 g/mol. The molecule has 1 aromatic rings. The van der Waals surface area contributed by atoms with Gasteiger partial charge in [-0.2, -0.15) is 0 Å². The van der Waals surface area contributed by atoms with Crippen molar-refractivity contribution in [1.82, 2.24) is 5.32 Å². The highest BCUT2D eigenvalue weighted by molar-refractivity contribution is 5.31. The lowest BCUT2D eigenvalue weighted by molar-refractivity contribution is 0.170. The summed E-state index contributed by atoms with van der Waals surface area (Å²) < 4.78 is 11.0. The van der Waals surface area contributed by atoms with Crippen LogP contribution in [0.4, 0.5) is 0 Å². The maximum Gasteiger partial charge on any atom is 0.120 e. The zero-order valence-corrected chi connectivity index (χ0v) is 14.2. The van der Waals surface area contributed by atoms with Gasteiger partial charge in [0, 0.05) is 19.8 Å². The van der Waals surface area contributed by atoms with Gasteiger partial charge in [0.15, 0.2) is 0 Å². The summed E-state index contributed by atoms with van der Waals surface area (Å²) in [5.41, 5.74) is 1.30. The van der Waals surface area contributed by atoms with Crippen molar-refractivity contribution in [3.63, 3.8) is 0 Å². The highest BCUT2D eigenvalue weighted by Crippen LogP contribution is 2.27. The van der Waals surface area contributed by atoms with Gasteiger partial charge in [-0.05, 0) is 56.8 Å². The Balaban J connectivity index is 2.85. The first kappa shape index (κ1) is 18.0. The lowest BCUT2D eigenvalue weighted by Gasteiger charge is -2.26. The number of nitrogens with one attached hydrogen (secondary N) is 1. The molecule has 0 aliphatic heterocycles. The highest BCUT2D eigenvalue weighted by Gasteiger charge is 2.19. The van der Waals surface area contributed by atoms with Gasteiger partial charge in [0.05, 0.1) is 6.10 Å². The molecule has 0 spiro atoms. The first-order valence-corrected chi connectivity index (χ1v) is 8.07. The zero-order chi connectivity index (χ0) is 15.7. The van der Waals surface area contributed by atoms with E-state index in [-0.39, 0.29) is 6.10 Å². The molecule has 120 valence electrons. The minimum atomic E-state index is 0.202. The number of methoxy groups -OCH3 is 1. The number of benzene rings is 1. The van der Waals surface area contributed by atoms with Crippen LogP contribution < -0.4 is 10.1 Å². The fraction of sp³-hybridized carbons (Fsp3) is 0.667. The molecule has 1 aromatic carbocycles. The van der Waals surface area contributed by atoms with E-state index in [0.29, 0.717) is 12.0 Å². The van der Waals surface area contributed by atoms with Crippen molar-refractivity contribution in [2.24, 2.45) is 5.92 Å². The van der Waals surface area contributed by atoms with E-state index in [4.69, 9.17) is 9.47 Å². The maximum absolute atomic E-state index is 5.82. The van der Waals surface area contributed by atoms with Crippen molar-refractivity contribution < 1.29 is 9.47 Å². The first-order chi connectivity index (χ1) is 10.1. The maximum atomic E-state index is 5.82. The lowest BCUT2D eigenvalue weighted by Crippen LogP contribution is -2.28. The van der Waals surface area contributed by atoms with E-state index in [0.717, 1.165) is 31.7 Å². The Hall–Kier alpha value is -1.06. The fourth-order valence-electron chi connectivity index (χ4n) is 2.47. The van der Waals surface area contributed by atoms with Crippen LogP contribution in [-0.4, -0.2) is 26.4 Å². The molecule has 3 heteroatoms. The molecule has 0 heterocycles. The van der Waals surface area contributed by atoms with Gasteiger partial charge < -0.3 is 14.8 Å². The Labute approximate surface area is 130 Å². The second-order valence-corrected chi connectivity index (χ2v) is 5.93. The standard InChI is InChI=1S/C18H31NO2/c1-6-11-19-18(15(4)10-12-20-5)16-8-7-9-17(13-16)21-14(2)3/h7-9,13-15,18-19H,6,10-12H2,1-5H3. The van der Waals surface area contributed by atoms with E-state index >= 15 is 0 Å². The lowest BCUT2D eigenvalue weighted by atomic mass is 9.92. The molecule has 0 aromatic heterocycles. The van der Waals surface area contributed by atoms with Crippen LogP contribution in [0.1, 0.15) is 52.1 Å². The van der Waals surface area contributed by atoms with Crippen LogP contribution in [0.5, 0.6) is 5.75 Å². The predicted octanol–water partition coefficient (Wildman–Crippen LogP) is 4.19. The molecule has 0 saturated heterocycles. The fourth-order valence-corrected chi connectivity index (χ4v) is 2.47. The van der Waals surface area contributed by atoms with Crippen molar-refractivity contribution >= 4 is 0 Å². The monoisotopic (exact) mass is 293 g/mol. The van der Waals surface area contributed by atoms with Gasteiger partial charge in [-0.1, -0.05) is 26.0 Å². The van der Waals surface area contributed by atoms with Crippen molar-refractivity contribution in [1.29, 1.82) is 0 Å². The molecule has 0 fully saturated rings. The molecule has 0 bridgehead atoms. The van der Waals surface area contributed by atoms with E-state index in [1.807, 2.05) is 6.07 Å². The largest absolute Gasteiger partial charge is 0.491 e. The molecule has 2 atom stereocenters. The van der Waals surface area contributed by atoms with E-state index in [1.165, 1.54) is 5.56 Å². The molecule has 0 aliphatic carbocycles. The minimum absolute atomic E-state index is 0.202. The van der Waals surface area contributed by atoms with Crippen molar-refractivity contribution in [3.8, 4) is 5.75 Å². The summed E-state index contributed by atoms with van der Waals surface area (Å²) in [6.45, 7) is 10.4. The smallest absolute Gasteiger partial charge is 0.120 e. The summed E-state index contributed by atoms with van der Waals surface area (Å²) in [6.07, 6.45) is 2.39. The summed E-state index contributed by atoms with van der Waals surface area (Å²) in [7, 11) is 1.76. The molecule has 21 heavy (non-hydrogen) atoms. The molecule has 0 saturated carbocycles. The predicted molar refractivity (Wildman–Crippen MR) is 88.9 cm³/mol. The Kier molecular flexibility index (Phi) is 8.40. The average Bonchev–Trinajstić information content (AvgIpc) is 2.45. The van der Waals surface area contributed by atoms with Gasteiger partial charge in [0.2, 0.25) is 0 Å². The van der Waals surface area contributed by atoms with E-state index in [9.17, 15) is 0 Å². The molecule has 1 rings (SSSR count). The summed E-state index contributed by atoms with van der Waals surface area (Å²) in [6, 6.07) is 8.80. The third kappa shape index (κ3) is 6.49. The minimum Gasteiger partial charge on any atom is -0.491 e. The molecule has 0 amide bonds. The van der Waals surface area contributed by atoms with Gasteiger partial charge in [-0.3, -0.25) is 0 Å². The first-order valence-electron chi connectivity index (χ1n) is 8.07. The van der Waals surface area contributed by atoms with Gasteiger partial charge >= 0.3 is 0 Å². The van der Waals surface area contributed by atoms with Crippen molar-refractivity contribution in [2.75, 3.05) is 20.3 Å². The molecular formula is C18H31NO2. The molecular weight excluding hydrogens is 262 g/mol. The van der Waals surface area contributed by atoms with Crippen LogP contribution >= 0.6 is 0 Å². The zero-order valence-electron chi connectivity index (χ0n) is 14.2. The normalized spacial score (nSPS) is 14.2. The van der Waals surface area contributed by atoms with Crippen molar-refractivity contribution in [3.05, 3.63) is 29.8 Å². The van der Waals surface area contributed by atoms with E-state index < -0.39 is 0 Å². The highest BCUT2D eigenvalue weighted by atomic mass is 16.5. The third-order valence-electron chi connectivity index (χ3n) is 3.55. The molecule has 2 unspecified atom stereocenters. The van der Waals surface area contributed by atoms with E-state index in [1.54, 1.807) is 7.11 Å². The molecule has 3 nitrogen and oxygen atoms in total. The number of hydrogen-bond acceptors (Lipinski definition) is 3. The Bertz CT molecular complexity index is 393. The third-order valence-corrected chi connectivity index (χ3v) is 3.55. The van der Waals surface area contributed by atoms with Crippen LogP contribution in [0.25, 0.3) is 0 Å².